The van der Waals surface area contributed by atoms with Crippen molar-refractivity contribution in [3.8, 4) is 11.3 Å². The first kappa shape index (κ1) is 18.8. The quantitative estimate of drug-likeness (QED) is 0.584. The summed E-state index contributed by atoms with van der Waals surface area (Å²) in [7, 11) is 1.89. The van der Waals surface area contributed by atoms with Gasteiger partial charge in [0.1, 0.15) is 5.82 Å². The summed E-state index contributed by atoms with van der Waals surface area (Å²) in [6.45, 7) is 0. The van der Waals surface area contributed by atoms with Crippen LogP contribution in [-0.2, 0) is 11.8 Å². The number of hydrogen-bond donors (Lipinski definition) is 1. The number of carbonyl (C=O) groups excluding carboxylic acids is 1. The Bertz CT molecular complexity index is 944. The normalized spacial score (nSPS) is 10.8. The van der Waals surface area contributed by atoms with E-state index in [1.54, 1.807) is 6.20 Å². The minimum absolute atomic E-state index is 0.0350. The molecule has 0 aliphatic rings. The van der Waals surface area contributed by atoms with Crippen molar-refractivity contribution < 1.29 is 9.18 Å². The van der Waals surface area contributed by atoms with Crippen molar-refractivity contribution >= 4 is 46.6 Å². The van der Waals surface area contributed by atoms with E-state index < -0.39 is 5.82 Å². The molecule has 0 radical (unpaired) electrons. The van der Waals surface area contributed by atoms with Crippen LogP contribution in [0.3, 0.4) is 0 Å². The van der Waals surface area contributed by atoms with Crippen LogP contribution in [0.4, 0.5) is 10.1 Å². The number of imidazole rings is 1. The fourth-order valence-electron chi connectivity index (χ4n) is 2.32. The number of nitrogens with one attached hydrogen (secondary N) is 1. The number of amides is 1. The zero-order valence-corrected chi connectivity index (χ0v) is 16.0. The number of anilines is 1. The van der Waals surface area contributed by atoms with Gasteiger partial charge in [0, 0.05) is 17.8 Å². The average Bonchev–Trinajstić information content (AvgIpc) is 2.98. The molecule has 2 aromatic carbocycles. The van der Waals surface area contributed by atoms with E-state index in [1.807, 2.05) is 35.9 Å². The second-order valence-electron chi connectivity index (χ2n) is 5.46. The molecule has 8 heteroatoms. The van der Waals surface area contributed by atoms with Gasteiger partial charge in [0.25, 0.3) is 0 Å². The topological polar surface area (TPSA) is 46.9 Å². The molecule has 4 nitrogen and oxygen atoms in total. The van der Waals surface area contributed by atoms with Gasteiger partial charge in [-0.05, 0) is 35.9 Å². The fourth-order valence-corrected chi connectivity index (χ4v) is 3.37. The largest absolute Gasteiger partial charge is 0.325 e. The van der Waals surface area contributed by atoms with Crippen LogP contribution in [0.2, 0.25) is 10.0 Å². The van der Waals surface area contributed by atoms with E-state index in [0.29, 0.717) is 15.9 Å². The Labute approximate surface area is 164 Å². The number of benzene rings is 2. The Morgan fingerprint density at radius 2 is 1.96 bits per heavy atom. The smallest absolute Gasteiger partial charge is 0.234 e. The van der Waals surface area contributed by atoms with Gasteiger partial charge in [0.05, 0.1) is 22.7 Å². The van der Waals surface area contributed by atoms with Gasteiger partial charge >= 0.3 is 0 Å². The number of carbonyl (C=O) groups is 1. The Kier molecular flexibility index (Phi) is 5.86. The Balaban J connectivity index is 1.63. The van der Waals surface area contributed by atoms with Crippen molar-refractivity contribution in [1.82, 2.24) is 9.55 Å². The summed E-state index contributed by atoms with van der Waals surface area (Å²) in [5.41, 5.74) is 2.36. The SMILES string of the molecule is Cn1c(-c2ccc(Cl)cc2)cnc1SCC(=O)Nc1ccc(F)c(Cl)c1. The highest BCUT2D eigenvalue weighted by atomic mass is 35.5. The number of aromatic nitrogens is 2. The monoisotopic (exact) mass is 409 g/mol. The second-order valence-corrected chi connectivity index (χ2v) is 7.24. The van der Waals surface area contributed by atoms with Gasteiger partial charge in [0.15, 0.2) is 5.16 Å². The van der Waals surface area contributed by atoms with Crippen LogP contribution in [-0.4, -0.2) is 21.2 Å². The van der Waals surface area contributed by atoms with Crippen molar-refractivity contribution in [2.75, 3.05) is 11.1 Å². The third kappa shape index (κ3) is 4.38. The van der Waals surface area contributed by atoms with Crippen molar-refractivity contribution in [1.29, 1.82) is 0 Å². The first-order chi connectivity index (χ1) is 12.4. The molecule has 1 amide bonds. The minimum Gasteiger partial charge on any atom is -0.325 e. The summed E-state index contributed by atoms with van der Waals surface area (Å²) < 4.78 is 15.1. The van der Waals surface area contributed by atoms with E-state index in [1.165, 1.54) is 30.0 Å². The molecule has 0 saturated heterocycles. The maximum Gasteiger partial charge on any atom is 0.234 e. The molecule has 0 unspecified atom stereocenters. The van der Waals surface area contributed by atoms with Gasteiger partial charge in [-0.2, -0.15) is 0 Å². The highest BCUT2D eigenvalue weighted by molar-refractivity contribution is 7.99. The highest BCUT2D eigenvalue weighted by Crippen LogP contribution is 2.26. The van der Waals surface area contributed by atoms with E-state index in [4.69, 9.17) is 23.2 Å². The Morgan fingerprint density at radius 1 is 1.23 bits per heavy atom. The van der Waals surface area contributed by atoms with Crippen LogP contribution in [0, 0.1) is 5.82 Å². The summed E-state index contributed by atoms with van der Waals surface area (Å²) in [6, 6.07) is 11.5. The summed E-state index contributed by atoms with van der Waals surface area (Å²) in [5.74, 6) is -0.588. The fraction of sp³-hybridized carbons (Fsp3) is 0.111. The molecule has 3 aromatic rings. The number of rotatable bonds is 5. The maximum absolute atomic E-state index is 13.1. The molecule has 0 saturated carbocycles. The summed E-state index contributed by atoms with van der Waals surface area (Å²) in [4.78, 5) is 16.4. The Morgan fingerprint density at radius 3 is 2.65 bits per heavy atom. The molecule has 1 heterocycles. The standard InChI is InChI=1S/C18H14Cl2FN3OS/c1-24-16(11-2-4-12(19)5-3-11)9-22-18(24)26-10-17(25)23-13-6-7-15(21)14(20)8-13/h2-9H,10H2,1H3,(H,23,25). The molecular weight excluding hydrogens is 396 g/mol. The van der Waals surface area contributed by atoms with Gasteiger partial charge in [-0.3, -0.25) is 4.79 Å². The van der Waals surface area contributed by atoms with Crippen LogP contribution in [0.5, 0.6) is 0 Å². The lowest BCUT2D eigenvalue weighted by Crippen LogP contribution is -2.14. The third-order valence-electron chi connectivity index (χ3n) is 3.62. The molecule has 0 aliphatic heterocycles. The van der Waals surface area contributed by atoms with Gasteiger partial charge < -0.3 is 9.88 Å². The lowest BCUT2D eigenvalue weighted by atomic mass is 10.2. The average molecular weight is 410 g/mol. The minimum atomic E-state index is -0.526. The van der Waals surface area contributed by atoms with E-state index >= 15 is 0 Å². The molecule has 0 spiro atoms. The van der Waals surface area contributed by atoms with Gasteiger partial charge in [-0.25, -0.2) is 9.37 Å². The Hall–Kier alpha value is -2.02. The van der Waals surface area contributed by atoms with Gasteiger partial charge in [0.2, 0.25) is 5.91 Å². The van der Waals surface area contributed by atoms with Gasteiger partial charge in [-0.1, -0.05) is 47.1 Å². The van der Waals surface area contributed by atoms with E-state index in [-0.39, 0.29) is 16.7 Å². The number of nitrogens with zero attached hydrogens (tertiary/aromatic N) is 2. The lowest BCUT2D eigenvalue weighted by Gasteiger charge is -2.07. The van der Waals surface area contributed by atoms with Crippen molar-refractivity contribution in [3.05, 3.63) is 64.5 Å². The van der Waals surface area contributed by atoms with Crippen molar-refractivity contribution in [2.45, 2.75) is 5.16 Å². The molecule has 0 bridgehead atoms. The molecule has 26 heavy (non-hydrogen) atoms. The van der Waals surface area contributed by atoms with Gasteiger partial charge in [-0.15, -0.1) is 0 Å². The van der Waals surface area contributed by atoms with E-state index in [0.717, 1.165) is 11.3 Å². The molecular formula is C18H14Cl2FN3OS. The first-order valence-electron chi connectivity index (χ1n) is 7.59. The molecule has 1 aromatic heterocycles. The third-order valence-corrected chi connectivity index (χ3v) is 5.21. The van der Waals surface area contributed by atoms with Crippen molar-refractivity contribution in [3.63, 3.8) is 0 Å². The van der Waals surface area contributed by atoms with Crippen LogP contribution >= 0.6 is 35.0 Å². The lowest BCUT2D eigenvalue weighted by molar-refractivity contribution is -0.113. The summed E-state index contributed by atoms with van der Waals surface area (Å²) >= 11 is 12.9. The molecule has 3 rings (SSSR count). The van der Waals surface area contributed by atoms with Crippen LogP contribution in [0.25, 0.3) is 11.3 Å². The van der Waals surface area contributed by atoms with Crippen LogP contribution < -0.4 is 5.32 Å². The number of thioether (sulfide) groups is 1. The number of hydrogen-bond acceptors (Lipinski definition) is 3. The number of halogens is 3. The van der Waals surface area contributed by atoms with Crippen LogP contribution in [0.15, 0.2) is 53.8 Å². The molecule has 1 N–H and O–H groups in total. The molecule has 134 valence electrons. The first-order valence-corrected chi connectivity index (χ1v) is 9.33. The molecule has 0 aliphatic carbocycles. The molecule has 0 fully saturated rings. The maximum atomic E-state index is 13.1. The highest BCUT2D eigenvalue weighted by Gasteiger charge is 2.12. The zero-order valence-electron chi connectivity index (χ0n) is 13.7. The predicted molar refractivity (Wildman–Crippen MR) is 104 cm³/mol. The summed E-state index contributed by atoms with van der Waals surface area (Å²) in [6.07, 6.45) is 1.75. The molecule has 0 atom stereocenters. The predicted octanol–water partition coefficient (Wildman–Crippen LogP) is 5.26. The zero-order chi connectivity index (χ0) is 18.7. The summed E-state index contributed by atoms with van der Waals surface area (Å²) in [5, 5.41) is 4.03. The van der Waals surface area contributed by atoms with Crippen LogP contribution in [0.1, 0.15) is 0 Å². The second kappa shape index (κ2) is 8.12. The van der Waals surface area contributed by atoms with Crippen molar-refractivity contribution in [2.24, 2.45) is 7.05 Å². The van der Waals surface area contributed by atoms with E-state index in [2.05, 4.69) is 10.3 Å². The van der Waals surface area contributed by atoms with E-state index in [9.17, 15) is 9.18 Å².